The van der Waals surface area contributed by atoms with Crippen molar-refractivity contribution in [2.24, 2.45) is 0 Å². The second-order valence-electron chi connectivity index (χ2n) is 2.62. The lowest BCUT2D eigenvalue weighted by molar-refractivity contribution is -0.114. The Hall–Kier alpha value is -1.51. The molecule has 1 rings (SSSR count). The van der Waals surface area contributed by atoms with E-state index in [9.17, 15) is 13.6 Å². The molecule has 0 saturated heterocycles. The maximum Gasteiger partial charge on any atom is 0.159 e. The molecule has 0 aliphatic carbocycles. The molecule has 0 amide bonds. The fourth-order valence-electron chi connectivity index (χ4n) is 0.986. The molecule has 0 aliphatic heterocycles. The number of halogens is 2. The molecule has 13 heavy (non-hydrogen) atoms. The largest absolute Gasteiger partial charge is 0.295 e. The highest BCUT2D eigenvalue weighted by Gasteiger charge is 2.03. The summed E-state index contributed by atoms with van der Waals surface area (Å²) in [6.07, 6.45) is 1.11. The van der Waals surface area contributed by atoms with Crippen LogP contribution in [-0.4, -0.2) is 5.78 Å². The van der Waals surface area contributed by atoms with Crippen molar-refractivity contribution in [2.45, 2.75) is 6.42 Å². The molecule has 1 nitrogen and oxygen atoms in total. The monoisotopic (exact) mass is 182 g/mol. The average Bonchev–Trinajstić information content (AvgIpc) is 2.02. The van der Waals surface area contributed by atoms with Crippen LogP contribution in [0.4, 0.5) is 8.78 Å². The molecule has 0 N–H and O–H groups in total. The molecule has 1 aromatic carbocycles. The second kappa shape index (κ2) is 3.94. The molecule has 0 radical (unpaired) electrons. The van der Waals surface area contributed by atoms with Crippen molar-refractivity contribution in [1.29, 1.82) is 0 Å². The van der Waals surface area contributed by atoms with E-state index >= 15 is 0 Å². The van der Waals surface area contributed by atoms with Crippen molar-refractivity contribution in [3.8, 4) is 0 Å². The number of hydrogen-bond acceptors (Lipinski definition) is 1. The van der Waals surface area contributed by atoms with Crippen LogP contribution < -0.4 is 0 Å². The SMILES string of the molecule is C=CC(=O)Cc1cc(F)cc(F)c1. The summed E-state index contributed by atoms with van der Waals surface area (Å²) in [5.74, 6) is -1.61. The van der Waals surface area contributed by atoms with E-state index in [1.54, 1.807) is 0 Å². The van der Waals surface area contributed by atoms with Gasteiger partial charge in [-0.25, -0.2) is 8.78 Å². The van der Waals surface area contributed by atoms with Crippen LogP contribution in [0.5, 0.6) is 0 Å². The van der Waals surface area contributed by atoms with Crippen LogP contribution in [0.2, 0.25) is 0 Å². The van der Waals surface area contributed by atoms with Crippen LogP contribution in [-0.2, 0) is 11.2 Å². The van der Waals surface area contributed by atoms with Gasteiger partial charge < -0.3 is 0 Å². The first-order valence-corrected chi connectivity index (χ1v) is 3.72. The second-order valence-corrected chi connectivity index (χ2v) is 2.62. The zero-order valence-corrected chi connectivity index (χ0v) is 6.89. The highest BCUT2D eigenvalue weighted by molar-refractivity contribution is 5.90. The van der Waals surface area contributed by atoms with Gasteiger partial charge in [0.1, 0.15) is 11.6 Å². The lowest BCUT2D eigenvalue weighted by atomic mass is 10.1. The third-order valence-electron chi connectivity index (χ3n) is 1.53. The molecule has 3 heteroatoms. The van der Waals surface area contributed by atoms with Gasteiger partial charge in [0.2, 0.25) is 0 Å². The van der Waals surface area contributed by atoms with Crippen molar-refractivity contribution in [1.82, 2.24) is 0 Å². The summed E-state index contributed by atoms with van der Waals surface area (Å²) in [7, 11) is 0. The Morgan fingerprint density at radius 2 is 1.85 bits per heavy atom. The predicted octanol–water partition coefficient (Wildman–Crippen LogP) is 2.26. The lowest BCUT2D eigenvalue weighted by Crippen LogP contribution is -1.98. The Bertz CT molecular complexity index is 325. The van der Waals surface area contributed by atoms with E-state index in [-0.39, 0.29) is 12.2 Å². The van der Waals surface area contributed by atoms with E-state index in [0.29, 0.717) is 5.56 Å². The Labute approximate surface area is 74.7 Å². The first-order chi connectivity index (χ1) is 6.11. The molecule has 0 fully saturated rings. The summed E-state index contributed by atoms with van der Waals surface area (Å²) in [5, 5.41) is 0. The Morgan fingerprint density at radius 1 is 1.31 bits per heavy atom. The summed E-state index contributed by atoms with van der Waals surface area (Å²) in [6.45, 7) is 3.26. The van der Waals surface area contributed by atoms with Gasteiger partial charge >= 0.3 is 0 Å². The predicted molar refractivity (Wildman–Crippen MR) is 45.3 cm³/mol. The molecule has 0 spiro atoms. The highest BCUT2D eigenvalue weighted by Crippen LogP contribution is 2.08. The topological polar surface area (TPSA) is 17.1 Å². The molecule has 0 atom stereocenters. The van der Waals surface area contributed by atoms with Crippen molar-refractivity contribution in [2.75, 3.05) is 0 Å². The smallest absolute Gasteiger partial charge is 0.159 e. The molecule has 0 saturated carbocycles. The minimum Gasteiger partial charge on any atom is -0.295 e. The van der Waals surface area contributed by atoms with E-state index in [2.05, 4.69) is 6.58 Å². The van der Waals surface area contributed by atoms with Crippen LogP contribution in [0.15, 0.2) is 30.9 Å². The molecule has 0 aromatic heterocycles. The number of carbonyl (C=O) groups is 1. The van der Waals surface area contributed by atoms with E-state index in [1.165, 1.54) is 0 Å². The van der Waals surface area contributed by atoms with Gasteiger partial charge in [0.25, 0.3) is 0 Å². The maximum absolute atomic E-state index is 12.6. The number of benzene rings is 1. The van der Waals surface area contributed by atoms with Crippen molar-refractivity contribution < 1.29 is 13.6 Å². The van der Waals surface area contributed by atoms with Crippen molar-refractivity contribution >= 4 is 5.78 Å². The lowest BCUT2D eigenvalue weighted by Gasteiger charge is -1.98. The van der Waals surface area contributed by atoms with Gasteiger partial charge in [0.15, 0.2) is 5.78 Å². The number of hydrogen-bond donors (Lipinski definition) is 0. The number of carbonyl (C=O) groups excluding carboxylic acids is 1. The van der Waals surface area contributed by atoms with Gasteiger partial charge in [-0.15, -0.1) is 0 Å². The minimum atomic E-state index is -0.674. The van der Waals surface area contributed by atoms with Crippen LogP contribution >= 0.6 is 0 Å². The van der Waals surface area contributed by atoms with Gasteiger partial charge in [-0.05, 0) is 23.8 Å². The summed E-state index contributed by atoms with van der Waals surface area (Å²) >= 11 is 0. The van der Waals surface area contributed by atoms with Gasteiger partial charge in [-0.2, -0.15) is 0 Å². The molecule has 0 heterocycles. The Balaban J connectivity index is 2.89. The van der Waals surface area contributed by atoms with Gasteiger partial charge in [0, 0.05) is 12.5 Å². The first-order valence-electron chi connectivity index (χ1n) is 3.72. The molecule has 0 aliphatic rings. The fourth-order valence-corrected chi connectivity index (χ4v) is 0.986. The number of ketones is 1. The van der Waals surface area contributed by atoms with E-state index < -0.39 is 11.6 Å². The summed E-state index contributed by atoms with van der Waals surface area (Å²) < 4.78 is 25.2. The average molecular weight is 182 g/mol. The fraction of sp³-hybridized carbons (Fsp3) is 0.100. The highest BCUT2D eigenvalue weighted by atomic mass is 19.1. The molecule has 0 bridgehead atoms. The van der Waals surface area contributed by atoms with E-state index in [1.807, 2.05) is 0 Å². The maximum atomic E-state index is 12.6. The summed E-state index contributed by atoms with van der Waals surface area (Å²) in [5.41, 5.74) is 0.322. The number of allylic oxidation sites excluding steroid dienone is 1. The normalized spacial score (nSPS) is 9.69. The van der Waals surface area contributed by atoms with Gasteiger partial charge in [0.05, 0.1) is 0 Å². The Morgan fingerprint density at radius 3 is 2.31 bits per heavy atom. The summed E-state index contributed by atoms with van der Waals surface area (Å²) in [4.78, 5) is 10.8. The van der Waals surface area contributed by atoms with Crippen molar-refractivity contribution in [3.63, 3.8) is 0 Å². The third kappa shape index (κ3) is 2.78. The molecular weight excluding hydrogens is 174 g/mol. The van der Waals surface area contributed by atoms with Gasteiger partial charge in [-0.3, -0.25) is 4.79 Å². The van der Waals surface area contributed by atoms with Crippen LogP contribution in [0.1, 0.15) is 5.56 Å². The minimum absolute atomic E-state index is 0.0157. The van der Waals surface area contributed by atoms with E-state index in [0.717, 1.165) is 24.3 Å². The zero-order valence-electron chi connectivity index (χ0n) is 6.89. The number of rotatable bonds is 3. The first kappa shape index (κ1) is 9.58. The zero-order chi connectivity index (χ0) is 9.84. The molecule has 1 aromatic rings. The summed E-state index contributed by atoms with van der Waals surface area (Å²) in [6, 6.07) is 3.02. The molecule has 0 unspecified atom stereocenters. The Kier molecular flexibility index (Phi) is 2.90. The van der Waals surface area contributed by atoms with E-state index in [4.69, 9.17) is 0 Å². The van der Waals surface area contributed by atoms with Crippen LogP contribution in [0.3, 0.4) is 0 Å². The molecular formula is C10H8F2O. The van der Waals surface area contributed by atoms with Crippen LogP contribution in [0, 0.1) is 11.6 Å². The van der Waals surface area contributed by atoms with Crippen LogP contribution in [0.25, 0.3) is 0 Å². The quantitative estimate of drug-likeness (QED) is 0.655. The van der Waals surface area contributed by atoms with Crippen molar-refractivity contribution in [3.05, 3.63) is 48.1 Å². The molecule has 68 valence electrons. The standard InChI is InChI=1S/C10H8F2O/c1-2-10(13)5-7-3-8(11)6-9(12)4-7/h2-4,6H,1,5H2. The van der Waals surface area contributed by atoms with Gasteiger partial charge in [-0.1, -0.05) is 6.58 Å². The third-order valence-corrected chi connectivity index (χ3v) is 1.53.